The third kappa shape index (κ3) is 2.20. The number of hydrogen-bond acceptors (Lipinski definition) is 2. The minimum absolute atomic E-state index is 0.843. The van der Waals surface area contributed by atoms with Crippen LogP contribution in [0.4, 0.5) is 0 Å². The van der Waals surface area contributed by atoms with Gasteiger partial charge in [-0.1, -0.05) is 0 Å². The number of nitrogens with zero attached hydrogens (tertiary/aromatic N) is 2. The Hall–Kier alpha value is -2.68. The van der Waals surface area contributed by atoms with Gasteiger partial charge in [0.2, 0.25) is 5.69 Å². The van der Waals surface area contributed by atoms with Crippen LogP contribution in [0.3, 0.4) is 0 Å². The van der Waals surface area contributed by atoms with E-state index in [1.807, 2.05) is 19.1 Å². The Bertz CT molecular complexity index is 1060. The molecular formula is C20H19N2O+. The van der Waals surface area contributed by atoms with Gasteiger partial charge in [-0.25, -0.2) is 9.55 Å². The third-order valence-electron chi connectivity index (χ3n) is 4.36. The van der Waals surface area contributed by atoms with Crippen LogP contribution in [0.1, 0.15) is 16.8 Å². The van der Waals surface area contributed by atoms with E-state index in [1.165, 1.54) is 22.4 Å². The minimum Gasteiger partial charge on any atom is -0.454 e. The summed E-state index contributed by atoms with van der Waals surface area (Å²) in [6.07, 6.45) is 2.15. The van der Waals surface area contributed by atoms with Gasteiger partial charge < -0.3 is 4.42 Å². The molecule has 0 aliphatic carbocycles. The molecule has 23 heavy (non-hydrogen) atoms. The van der Waals surface area contributed by atoms with E-state index in [4.69, 9.17) is 4.42 Å². The molecule has 0 amide bonds. The molecule has 0 aliphatic rings. The van der Waals surface area contributed by atoms with Crippen molar-refractivity contribution in [2.75, 3.05) is 0 Å². The molecule has 4 rings (SSSR count). The molecule has 0 aliphatic heterocycles. The lowest BCUT2D eigenvalue weighted by atomic mass is 10.0. The predicted octanol–water partition coefficient (Wildman–Crippen LogP) is 4.40. The van der Waals surface area contributed by atoms with Crippen LogP contribution in [0.5, 0.6) is 0 Å². The topological polar surface area (TPSA) is 29.9 Å². The number of aromatic nitrogens is 2. The highest BCUT2D eigenvalue weighted by Gasteiger charge is 2.17. The third-order valence-corrected chi connectivity index (χ3v) is 4.36. The monoisotopic (exact) mass is 303 g/mol. The quantitative estimate of drug-likeness (QED) is 0.488. The molecule has 4 aromatic rings. The fourth-order valence-corrected chi connectivity index (χ4v) is 3.19. The van der Waals surface area contributed by atoms with Crippen molar-refractivity contribution >= 4 is 22.1 Å². The summed E-state index contributed by atoms with van der Waals surface area (Å²) in [5.74, 6) is 0. The number of pyridine rings is 2. The first-order chi connectivity index (χ1) is 11.0. The molecule has 114 valence electrons. The van der Waals surface area contributed by atoms with Crippen LogP contribution in [-0.4, -0.2) is 4.98 Å². The molecule has 0 radical (unpaired) electrons. The van der Waals surface area contributed by atoms with E-state index in [9.17, 15) is 0 Å². The second-order valence-electron chi connectivity index (χ2n) is 6.27. The van der Waals surface area contributed by atoms with E-state index in [-0.39, 0.29) is 0 Å². The molecule has 3 nitrogen and oxygen atoms in total. The van der Waals surface area contributed by atoms with Crippen molar-refractivity contribution in [2.24, 2.45) is 7.05 Å². The first-order valence-electron chi connectivity index (χ1n) is 7.80. The molecule has 1 aromatic carbocycles. The Labute approximate surface area is 135 Å². The van der Waals surface area contributed by atoms with Crippen LogP contribution >= 0.6 is 0 Å². The fraction of sp³-hybridized carbons (Fsp3) is 0.200. The molecule has 0 fully saturated rings. The second kappa shape index (κ2) is 4.92. The Morgan fingerprint density at radius 2 is 1.78 bits per heavy atom. The van der Waals surface area contributed by atoms with Crippen molar-refractivity contribution < 1.29 is 8.98 Å². The average Bonchev–Trinajstić information content (AvgIpc) is 2.83. The average molecular weight is 303 g/mol. The van der Waals surface area contributed by atoms with Crippen molar-refractivity contribution in [2.45, 2.75) is 20.8 Å². The number of furan rings is 1. The number of aryl methyl sites for hydroxylation is 4. The number of fused-ring (bicyclic) bond motifs is 3. The summed E-state index contributed by atoms with van der Waals surface area (Å²) in [6.45, 7) is 6.24. The van der Waals surface area contributed by atoms with Crippen molar-refractivity contribution in [3.05, 3.63) is 59.4 Å². The summed E-state index contributed by atoms with van der Waals surface area (Å²) >= 11 is 0. The Morgan fingerprint density at radius 1 is 0.957 bits per heavy atom. The number of hydrogen-bond donors (Lipinski definition) is 0. The zero-order valence-electron chi connectivity index (χ0n) is 13.8. The highest BCUT2D eigenvalue weighted by Crippen LogP contribution is 2.33. The van der Waals surface area contributed by atoms with Gasteiger partial charge in [0.1, 0.15) is 18.1 Å². The standard InChI is InChI=1S/C20H19N2O/c1-12-5-7-17(22(4)11-12)15-10-16-19(9-13(15)2)23-18-8-6-14(3)21-20(16)18/h5-11H,1-4H3/q+1. The zero-order valence-corrected chi connectivity index (χ0v) is 13.8. The van der Waals surface area contributed by atoms with E-state index >= 15 is 0 Å². The maximum atomic E-state index is 5.96. The largest absolute Gasteiger partial charge is 0.454 e. The van der Waals surface area contributed by atoms with E-state index in [0.717, 1.165) is 27.8 Å². The molecule has 0 unspecified atom stereocenters. The highest BCUT2D eigenvalue weighted by molar-refractivity contribution is 6.04. The van der Waals surface area contributed by atoms with Crippen molar-refractivity contribution in [3.63, 3.8) is 0 Å². The zero-order chi connectivity index (χ0) is 16.1. The summed E-state index contributed by atoms with van der Waals surface area (Å²) in [4.78, 5) is 4.66. The molecule has 3 heterocycles. The summed E-state index contributed by atoms with van der Waals surface area (Å²) in [6, 6.07) is 12.6. The van der Waals surface area contributed by atoms with Gasteiger partial charge in [-0.3, -0.25) is 0 Å². The van der Waals surface area contributed by atoms with Crippen LogP contribution < -0.4 is 4.57 Å². The van der Waals surface area contributed by atoms with Crippen LogP contribution in [-0.2, 0) is 7.05 Å². The fourth-order valence-electron chi connectivity index (χ4n) is 3.19. The lowest BCUT2D eigenvalue weighted by Gasteiger charge is -2.05. The van der Waals surface area contributed by atoms with Gasteiger partial charge >= 0.3 is 0 Å². The number of benzene rings is 1. The molecule has 3 aromatic heterocycles. The molecule has 0 N–H and O–H groups in total. The van der Waals surface area contributed by atoms with Crippen LogP contribution in [0.2, 0.25) is 0 Å². The normalized spacial score (nSPS) is 11.5. The molecule has 0 saturated heterocycles. The molecule has 0 saturated carbocycles. The van der Waals surface area contributed by atoms with E-state index in [0.29, 0.717) is 0 Å². The van der Waals surface area contributed by atoms with Gasteiger partial charge in [0.15, 0.2) is 11.8 Å². The first-order valence-corrected chi connectivity index (χ1v) is 7.80. The van der Waals surface area contributed by atoms with Gasteiger partial charge in [0.25, 0.3) is 0 Å². The van der Waals surface area contributed by atoms with Crippen LogP contribution in [0, 0.1) is 20.8 Å². The molecule has 0 spiro atoms. The van der Waals surface area contributed by atoms with Crippen molar-refractivity contribution in [1.29, 1.82) is 0 Å². The SMILES string of the molecule is Cc1ccc(-c2cc3c(cc2C)oc2ccc(C)nc23)[n+](C)c1. The summed E-state index contributed by atoms with van der Waals surface area (Å²) in [7, 11) is 2.09. The molecule has 0 bridgehead atoms. The van der Waals surface area contributed by atoms with E-state index in [1.54, 1.807) is 0 Å². The van der Waals surface area contributed by atoms with E-state index in [2.05, 4.69) is 60.9 Å². The smallest absolute Gasteiger partial charge is 0.212 e. The van der Waals surface area contributed by atoms with Gasteiger partial charge in [0.05, 0.1) is 0 Å². The van der Waals surface area contributed by atoms with E-state index < -0.39 is 0 Å². The van der Waals surface area contributed by atoms with Gasteiger partial charge in [0, 0.05) is 28.3 Å². The maximum Gasteiger partial charge on any atom is 0.212 e. The molecule has 3 heteroatoms. The molecular weight excluding hydrogens is 284 g/mol. The van der Waals surface area contributed by atoms with Gasteiger partial charge in [-0.05, 0) is 56.7 Å². The summed E-state index contributed by atoms with van der Waals surface area (Å²) in [5.41, 5.74) is 8.54. The van der Waals surface area contributed by atoms with Crippen molar-refractivity contribution in [1.82, 2.24) is 4.98 Å². The summed E-state index contributed by atoms with van der Waals surface area (Å²) in [5, 5.41) is 1.07. The number of rotatable bonds is 1. The van der Waals surface area contributed by atoms with Gasteiger partial charge in [-0.15, -0.1) is 0 Å². The lowest BCUT2D eigenvalue weighted by molar-refractivity contribution is -0.660. The van der Waals surface area contributed by atoms with Crippen LogP contribution in [0.25, 0.3) is 33.3 Å². The predicted molar refractivity (Wildman–Crippen MR) is 92.3 cm³/mol. The Morgan fingerprint density at radius 3 is 2.57 bits per heavy atom. The summed E-state index contributed by atoms with van der Waals surface area (Å²) < 4.78 is 8.13. The molecule has 0 atom stereocenters. The Kier molecular flexibility index (Phi) is 2.98. The lowest BCUT2D eigenvalue weighted by Crippen LogP contribution is -2.31. The van der Waals surface area contributed by atoms with Crippen LogP contribution in [0.15, 0.2) is 47.0 Å². The Balaban J connectivity index is 2.05. The first kappa shape index (κ1) is 13.9. The second-order valence-corrected chi connectivity index (χ2v) is 6.27. The minimum atomic E-state index is 0.843. The maximum absolute atomic E-state index is 5.96. The highest BCUT2D eigenvalue weighted by atomic mass is 16.3. The van der Waals surface area contributed by atoms with Crippen molar-refractivity contribution in [3.8, 4) is 11.3 Å². The van der Waals surface area contributed by atoms with Gasteiger partial charge in [-0.2, -0.15) is 0 Å².